The number of pyridine rings is 1. The summed E-state index contributed by atoms with van der Waals surface area (Å²) in [5.74, 6) is 0.892. The monoisotopic (exact) mass is 373 g/mol. The number of benzene rings is 2. The lowest BCUT2D eigenvalue weighted by molar-refractivity contribution is 0.122. The molecule has 144 valence electrons. The van der Waals surface area contributed by atoms with Gasteiger partial charge in [-0.1, -0.05) is 36.4 Å². The van der Waals surface area contributed by atoms with Crippen LogP contribution in [0, 0.1) is 0 Å². The van der Waals surface area contributed by atoms with Gasteiger partial charge in [-0.3, -0.25) is 14.8 Å². The fourth-order valence-corrected chi connectivity index (χ4v) is 3.70. The number of hydrogen-bond donors (Lipinski definition) is 0. The maximum Gasteiger partial charge on any atom is 0.118 e. The zero-order valence-corrected chi connectivity index (χ0v) is 16.4. The van der Waals surface area contributed by atoms with E-state index >= 15 is 0 Å². The summed E-state index contributed by atoms with van der Waals surface area (Å²) in [5.41, 5.74) is 5.18. The fourth-order valence-electron chi connectivity index (χ4n) is 3.70. The molecule has 0 atom stereocenters. The van der Waals surface area contributed by atoms with Crippen LogP contribution >= 0.6 is 0 Å². The smallest absolute Gasteiger partial charge is 0.118 e. The third-order valence-corrected chi connectivity index (χ3v) is 5.40. The van der Waals surface area contributed by atoms with Crippen molar-refractivity contribution in [3.63, 3.8) is 0 Å². The molecule has 1 fully saturated rings. The molecule has 2 aromatic carbocycles. The van der Waals surface area contributed by atoms with E-state index in [0.29, 0.717) is 0 Å². The van der Waals surface area contributed by atoms with Gasteiger partial charge < -0.3 is 4.74 Å². The van der Waals surface area contributed by atoms with Crippen molar-refractivity contribution in [3.8, 4) is 16.9 Å². The summed E-state index contributed by atoms with van der Waals surface area (Å²) in [5, 5.41) is 0. The Morgan fingerprint density at radius 1 is 0.679 bits per heavy atom. The lowest BCUT2D eigenvalue weighted by Crippen LogP contribution is -2.45. The van der Waals surface area contributed by atoms with Crippen LogP contribution in [-0.4, -0.2) is 48.1 Å². The summed E-state index contributed by atoms with van der Waals surface area (Å²) in [7, 11) is 1.70. The van der Waals surface area contributed by atoms with Gasteiger partial charge in [0, 0.05) is 51.7 Å². The van der Waals surface area contributed by atoms with Crippen molar-refractivity contribution in [2.45, 2.75) is 13.1 Å². The van der Waals surface area contributed by atoms with Crippen LogP contribution in [0.5, 0.6) is 5.75 Å². The Kier molecular flexibility index (Phi) is 6.00. The highest BCUT2D eigenvalue weighted by molar-refractivity contribution is 5.64. The average molecular weight is 374 g/mol. The van der Waals surface area contributed by atoms with Gasteiger partial charge in [-0.15, -0.1) is 0 Å². The molecule has 1 aliphatic heterocycles. The van der Waals surface area contributed by atoms with E-state index in [4.69, 9.17) is 4.74 Å². The first-order chi connectivity index (χ1) is 13.8. The molecule has 4 heteroatoms. The third-order valence-electron chi connectivity index (χ3n) is 5.40. The predicted octanol–water partition coefficient (Wildman–Crippen LogP) is 4.08. The van der Waals surface area contributed by atoms with E-state index in [1.807, 2.05) is 24.5 Å². The van der Waals surface area contributed by atoms with Crippen LogP contribution in [0.3, 0.4) is 0 Å². The summed E-state index contributed by atoms with van der Waals surface area (Å²) in [6.45, 7) is 6.51. The summed E-state index contributed by atoms with van der Waals surface area (Å²) in [6.07, 6.45) is 3.75. The zero-order valence-electron chi connectivity index (χ0n) is 16.4. The summed E-state index contributed by atoms with van der Waals surface area (Å²) in [6, 6.07) is 21.4. The van der Waals surface area contributed by atoms with Crippen LogP contribution in [0.2, 0.25) is 0 Å². The number of methoxy groups -OCH3 is 1. The number of piperazine rings is 1. The van der Waals surface area contributed by atoms with E-state index in [1.54, 1.807) is 7.11 Å². The topological polar surface area (TPSA) is 28.6 Å². The van der Waals surface area contributed by atoms with Crippen molar-refractivity contribution in [1.29, 1.82) is 0 Å². The minimum absolute atomic E-state index is 0.892. The lowest BCUT2D eigenvalue weighted by atomic mass is 10.0. The highest BCUT2D eigenvalue weighted by Crippen LogP contribution is 2.23. The summed E-state index contributed by atoms with van der Waals surface area (Å²) < 4.78 is 5.24. The van der Waals surface area contributed by atoms with E-state index in [1.165, 1.54) is 22.3 Å². The molecule has 2 heterocycles. The van der Waals surface area contributed by atoms with Gasteiger partial charge in [0.25, 0.3) is 0 Å². The van der Waals surface area contributed by atoms with Crippen molar-refractivity contribution < 1.29 is 4.74 Å². The molecule has 1 aromatic heterocycles. The van der Waals surface area contributed by atoms with Gasteiger partial charge >= 0.3 is 0 Å². The number of rotatable bonds is 6. The SMILES string of the molecule is COc1ccc(-c2ccc(CN3CCN(Cc4ccncc4)CC3)cc2)cc1. The first-order valence-corrected chi connectivity index (χ1v) is 9.87. The number of aromatic nitrogens is 1. The van der Waals surface area contributed by atoms with Crippen molar-refractivity contribution in [2.75, 3.05) is 33.3 Å². The van der Waals surface area contributed by atoms with E-state index in [9.17, 15) is 0 Å². The molecule has 0 radical (unpaired) electrons. The summed E-state index contributed by atoms with van der Waals surface area (Å²) >= 11 is 0. The van der Waals surface area contributed by atoms with Crippen LogP contribution in [0.1, 0.15) is 11.1 Å². The van der Waals surface area contributed by atoms with Gasteiger partial charge in [-0.05, 0) is 46.5 Å². The molecule has 0 amide bonds. The standard InChI is InChI=1S/C24H27N3O/c1-28-24-8-6-23(7-9-24)22-4-2-20(3-5-22)18-26-14-16-27(17-15-26)19-21-10-12-25-13-11-21/h2-13H,14-19H2,1H3. The highest BCUT2D eigenvalue weighted by atomic mass is 16.5. The quantitative estimate of drug-likeness (QED) is 0.651. The van der Waals surface area contributed by atoms with Crippen LogP contribution < -0.4 is 4.74 Å². The highest BCUT2D eigenvalue weighted by Gasteiger charge is 2.17. The zero-order chi connectivity index (χ0) is 19.2. The predicted molar refractivity (Wildman–Crippen MR) is 113 cm³/mol. The Labute approximate surface area is 167 Å². The van der Waals surface area contributed by atoms with Gasteiger partial charge in [-0.2, -0.15) is 0 Å². The van der Waals surface area contributed by atoms with E-state index in [2.05, 4.69) is 63.3 Å². The molecule has 0 bridgehead atoms. The van der Waals surface area contributed by atoms with Gasteiger partial charge in [0.2, 0.25) is 0 Å². The van der Waals surface area contributed by atoms with Crippen LogP contribution in [-0.2, 0) is 13.1 Å². The molecule has 0 unspecified atom stereocenters. The molecule has 3 aromatic rings. The Morgan fingerprint density at radius 2 is 1.14 bits per heavy atom. The lowest BCUT2D eigenvalue weighted by Gasteiger charge is -2.34. The van der Waals surface area contributed by atoms with Gasteiger partial charge in [-0.25, -0.2) is 0 Å². The molecule has 1 aliphatic rings. The molecule has 0 saturated carbocycles. The first-order valence-electron chi connectivity index (χ1n) is 9.87. The van der Waals surface area contributed by atoms with E-state index in [0.717, 1.165) is 45.0 Å². The van der Waals surface area contributed by atoms with E-state index < -0.39 is 0 Å². The van der Waals surface area contributed by atoms with Crippen molar-refractivity contribution >= 4 is 0 Å². The maximum absolute atomic E-state index is 5.24. The van der Waals surface area contributed by atoms with Crippen LogP contribution in [0.25, 0.3) is 11.1 Å². The van der Waals surface area contributed by atoms with E-state index in [-0.39, 0.29) is 0 Å². The third kappa shape index (κ3) is 4.77. The largest absolute Gasteiger partial charge is 0.497 e. The minimum atomic E-state index is 0.892. The number of ether oxygens (including phenoxy) is 1. The van der Waals surface area contributed by atoms with Crippen LogP contribution in [0.4, 0.5) is 0 Å². The molecular formula is C24H27N3O. The van der Waals surface area contributed by atoms with Gasteiger partial charge in [0.15, 0.2) is 0 Å². The Morgan fingerprint density at radius 3 is 1.64 bits per heavy atom. The second kappa shape index (κ2) is 9.00. The molecule has 4 rings (SSSR count). The second-order valence-electron chi connectivity index (χ2n) is 7.33. The normalized spacial score (nSPS) is 15.5. The Balaban J connectivity index is 1.29. The molecule has 1 saturated heterocycles. The first kappa shape index (κ1) is 18.7. The number of hydrogen-bond acceptors (Lipinski definition) is 4. The Bertz CT molecular complexity index is 855. The maximum atomic E-state index is 5.24. The molecule has 0 N–H and O–H groups in total. The minimum Gasteiger partial charge on any atom is -0.497 e. The van der Waals surface area contributed by atoms with Crippen molar-refractivity contribution in [1.82, 2.24) is 14.8 Å². The van der Waals surface area contributed by atoms with Gasteiger partial charge in [0.1, 0.15) is 5.75 Å². The number of nitrogens with zero attached hydrogens (tertiary/aromatic N) is 3. The fraction of sp³-hybridized carbons (Fsp3) is 0.292. The van der Waals surface area contributed by atoms with Crippen molar-refractivity contribution in [2.24, 2.45) is 0 Å². The molecular weight excluding hydrogens is 346 g/mol. The van der Waals surface area contributed by atoms with Crippen LogP contribution in [0.15, 0.2) is 73.1 Å². The van der Waals surface area contributed by atoms with Crippen molar-refractivity contribution in [3.05, 3.63) is 84.2 Å². The molecule has 4 nitrogen and oxygen atoms in total. The molecule has 0 aliphatic carbocycles. The Hall–Kier alpha value is -2.69. The van der Waals surface area contributed by atoms with Gasteiger partial charge in [0.05, 0.1) is 7.11 Å². The molecule has 0 spiro atoms. The summed E-state index contributed by atoms with van der Waals surface area (Å²) in [4.78, 5) is 9.17. The average Bonchev–Trinajstić information content (AvgIpc) is 2.76. The molecule has 28 heavy (non-hydrogen) atoms. The second-order valence-corrected chi connectivity index (χ2v) is 7.33.